The summed E-state index contributed by atoms with van der Waals surface area (Å²) in [6.07, 6.45) is 0.974. The number of aromatic amines is 1. The number of hydrogen-bond donors (Lipinski definition) is 3. The third kappa shape index (κ3) is 3.00. The van der Waals surface area contributed by atoms with Crippen molar-refractivity contribution in [2.75, 3.05) is 5.32 Å². The van der Waals surface area contributed by atoms with Crippen LogP contribution in [0.15, 0.2) is 29.1 Å². The van der Waals surface area contributed by atoms with Crippen LogP contribution in [0.25, 0.3) is 0 Å². The van der Waals surface area contributed by atoms with E-state index in [-0.39, 0.29) is 17.0 Å². The molecular weight excluding hydrogens is 264 g/mol. The Bertz CT molecular complexity index is 666. The van der Waals surface area contributed by atoms with Gasteiger partial charge < -0.3 is 15.7 Å². The van der Waals surface area contributed by atoms with Crippen LogP contribution in [0.4, 0.5) is 11.5 Å². The van der Waals surface area contributed by atoms with Gasteiger partial charge in [-0.3, -0.25) is 4.79 Å². The summed E-state index contributed by atoms with van der Waals surface area (Å²) in [7, 11) is 0. The molecule has 0 unspecified atom stereocenters. The third-order valence-electron chi connectivity index (χ3n) is 2.56. The smallest absolute Gasteiger partial charge is 0.261 e. The topological polar surface area (TPSA) is 81.6 Å². The minimum absolute atomic E-state index is 0.107. The SMILES string of the molecule is Cc1cccc(Nc2nc(CCl)[nH]c(=O)c2C=N)c1. The van der Waals surface area contributed by atoms with Gasteiger partial charge >= 0.3 is 0 Å². The van der Waals surface area contributed by atoms with Crippen molar-refractivity contribution >= 4 is 29.3 Å². The average Bonchev–Trinajstić information content (AvgIpc) is 2.38. The van der Waals surface area contributed by atoms with Crippen LogP contribution in [0.5, 0.6) is 0 Å². The molecule has 0 atom stereocenters. The first kappa shape index (κ1) is 13.3. The van der Waals surface area contributed by atoms with Gasteiger partial charge in [0.05, 0.1) is 11.4 Å². The van der Waals surface area contributed by atoms with Crippen molar-refractivity contribution in [3.8, 4) is 0 Å². The van der Waals surface area contributed by atoms with Crippen molar-refractivity contribution in [1.29, 1.82) is 5.41 Å². The van der Waals surface area contributed by atoms with Crippen molar-refractivity contribution in [3.63, 3.8) is 0 Å². The highest BCUT2D eigenvalue weighted by Crippen LogP contribution is 2.17. The lowest BCUT2D eigenvalue weighted by Gasteiger charge is -2.09. The Morgan fingerprint density at radius 1 is 1.53 bits per heavy atom. The largest absolute Gasteiger partial charge is 0.339 e. The van der Waals surface area contributed by atoms with Crippen LogP contribution < -0.4 is 10.9 Å². The van der Waals surface area contributed by atoms with Crippen LogP contribution in [-0.4, -0.2) is 16.2 Å². The number of alkyl halides is 1. The molecule has 0 amide bonds. The van der Waals surface area contributed by atoms with Gasteiger partial charge in [-0.1, -0.05) is 12.1 Å². The van der Waals surface area contributed by atoms with Gasteiger partial charge in [0.2, 0.25) is 0 Å². The Morgan fingerprint density at radius 2 is 2.32 bits per heavy atom. The Labute approximate surface area is 115 Å². The van der Waals surface area contributed by atoms with Gasteiger partial charge in [0, 0.05) is 11.9 Å². The fraction of sp³-hybridized carbons (Fsp3) is 0.154. The lowest BCUT2D eigenvalue weighted by atomic mass is 10.2. The average molecular weight is 277 g/mol. The van der Waals surface area contributed by atoms with Gasteiger partial charge in [0.1, 0.15) is 11.6 Å². The summed E-state index contributed by atoms with van der Waals surface area (Å²) in [4.78, 5) is 18.5. The van der Waals surface area contributed by atoms with Crippen molar-refractivity contribution in [2.45, 2.75) is 12.8 Å². The van der Waals surface area contributed by atoms with E-state index in [9.17, 15) is 4.79 Å². The lowest BCUT2D eigenvalue weighted by Crippen LogP contribution is -2.18. The van der Waals surface area contributed by atoms with Gasteiger partial charge in [-0.15, -0.1) is 11.6 Å². The van der Waals surface area contributed by atoms with Crippen molar-refractivity contribution in [3.05, 3.63) is 51.6 Å². The molecule has 3 N–H and O–H groups in total. The van der Waals surface area contributed by atoms with E-state index in [1.54, 1.807) is 0 Å². The molecule has 0 fully saturated rings. The molecule has 0 aliphatic heterocycles. The normalized spacial score (nSPS) is 10.2. The molecule has 1 aromatic carbocycles. The number of benzene rings is 1. The Kier molecular flexibility index (Phi) is 3.97. The highest BCUT2D eigenvalue weighted by molar-refractivity contribution is 6.16. The second-order valence-corrected chi connectivity index (χ2v) is 4.31. The number of nitrogens with zero attached hydrogens (tertiary/aromatic N) is 1. The maximum absolute atomic E-state index is 11.8. The van der Waals surface area contributed by atoms with Gasteiger partial charge in [-0.05, 0) is 24.6 Å². The summed E-state index contributed by atoms with van der Waals surface area (Å²) in [5.41, 5.74) is 1.69. The quantitative estimate of drug-likeness (QED) is 0.593. The maximum Gasteiger partial charge on any atom is 0.261 e. The number of hydrogen-bond acceptors (Lipinski definition) is 4. The molecule has 0 bridgehead atoms. The zero-order valence-corrected chi connectivity index (χ0v) is 11.1. The number of rotatable bonds is 4. The molecule has 19 heavy (non-hydrogen) atoms. The van der Waals surface area contributed by atoms with E-state index in [2.05, 4.69) is 15.3 Å². The van der Waals surface area contributed by atoms with Gasteiger partial charge in [-0.25, -0.2) is 4.98 Å². The molecule has 6 heteroatoms. The first-order valence-corrected chi connectivity index (χ1v) is 6.21. The van der Waals surface area contributed by atoms with Crippen LogP contribution >= 0.6 is 11.6 Å². The minimum Gasteiger partial charge on any atom is -0.339 e. The Morgan fingerprint density at radius 3 is 2.95 bits per heavy atom. The molecule has 0 aliphatic rings. The predicted molar refractivity (Wildman–Crippen MR) is 76.8 cm³/mol. The van der Waals surface area contributed by atoms with Crippen molar-refractivity contribution in [1.82, 2.24) is 9.97 Å². The van der Waals surface area contributed by atoms with Gasteiger partial charge in [-0.2, -0.15) is 0 Å². The van der Waals surface area contributed by atoms with Crippen LogP contribution in [0, 0.1) is 12.3 Å². The number of nitrogens with one attached hydrogen (secondary N) is 3. The molecule has 5 nitrogen and oxygen atoms in total. The Balaban J connectivity index is 2.46. The third-order valence-corrected chi connectivity index (χ3v) is 2.81. The molecule has 0 spiro atoms. The number of aromatic nitrogens is 2. The predicted octanol–water partition coefficient (Wildman–Crippen LogP) is 2.56. The van der Waals surface area contributed by atoms with Crippen molar-refractivity contribution < 1.29 is 0 Å². The first-order chi connectivity index (χ1) is 9.13. The first-order valence-electron chi connectivity index (χ1n) is 5.67. The summed E-state index contributed by atoms with van der Waals surface area (Å²) in [6.45, 7) is 1.97. The highest BCUT2D eigenvalue weighted by Gasteiger charge is 2.09. The van der Waals surface area contributed by atoms with E-state index in [0.717, 1.165) is 17.5 Å². The fourth-order valence-electron chi connectivity index (χ4n) is 1.68. The summed E-state index contributed by atoms with van der Waals surface area (Å²) in [5, 5.41) is 10.3. The molecule has 0 aliphatic carbocycles. The number of halogens is 1. The van der Waals surface area contributed by atoms with E-state index in [4.69, 9.17) is 17.0 Å². The zero-order valence-electron chi connectivity index (χ0n) is 10.3. The summed E-state index contributed by atoms with van der Waals surface area (Å²) in [6, 6.07) is 7.66. The van der Waals surface area contributed by atoms with E-state index in [1.807, 2.05) is 31.2 Å². The molecule has 2 aromatic rings. The molecule has 1 heterocycles. The van der Waals surface area contributed by atoms with Crippen LogP contribution in [0.2, 0.25) is 0 Å². The van der Waals surface area contributed by atoms with E-state index >= 15 is 0 Å². The monoisotopic (exact) mass is 276 g/mol. The van der Waals surface area contributed by atoms with E-state index < -0.39 is 0 Å². The molecule has 98 valence electrons. The minimum atomic E-state index is -0.379. The van der Waals surface area contributed by atoms with Crippen LogP contribution in [-0.2, 0) is 5.88 Å². The fourth-order valence-corrected chi connectivity index (χ4v) is 1.81. The summed E-state index contributed by atoms with van der Waals surface area (Å²) >= 11 is 5.68. The molecule has 0 saturated carbocycles. The highest BCUT2D eigenvalue weighted by atomic mass is 35.5. The number of H-pyrrole nitrogens is 1. The van der Waals surface area contributed by atoms with Crippen molar-refractivity contribution in [2.24, 2.45) is 0 Å². The molecule has 2 rings (SSSR count). The van der Waals surface area contributed by atoms with Gasteiger partial charge in [0.15, 0.2) is 0 Å². The van der Waals surface area contributed by atoms with Crippen LogP contribution in [0.3, 0.4) is 0 Å². The second-order valence-electron chi connectivity index (χ2n) is 4.05. The van der Waals surface area contributed by atoms with Crippen LogP contribution in [0.1, 0.15) is 17.0 Å². The Hall–Kier alpha value is -2.14. The summed E-state index contributed by atoms with van der Waals surface area (Å²) in [5.74, 6) is 0.808. The standard InChI is InChI=1S/C13H13ClN4O/c1-8-3-2-4-9(5-8)16-12-10(7-15)13(19)18-11(6-14)17-12/h2-5,7,15H,6H2,1H3,(H2,16,17,18,19). The van der Waals surface area contributed by atoms with Gasteiger partial charge in [0.25, 0.3) is 5.56 Å². The number of anilines is 2. The zero-order chi connectivity index (χ0) is 13.8. The molecular formula is C13H13ClN4O. The van der Waals surface area contributed by atoms with E-state index in [1.165, 1.54) is 0 Å². The van der Waals surface area contributed by atoms with E-state index in [0.29, 0.717) is 11.6 Å². The maximum atomic E-state index is 11.8. The summed E-state index contributed by atoms with van der Waals surface area (Å²) < 4.78 is 0. The molecule has 0 saturated heterocycles. The molecule has 0 radical (unpaired) electrons. The lowest BCUT2D eigenvalue weighted by molar-refractivity contribution is 0.998. The second kappa shape index (κ2) is 5.67. The number of aryl methyl sites for hydroxylation is 1. The molecule has 1 aromatic heterocycles.